The second-order valence-corrected chi connectivity index (χ2v) is 19.9. The Balaban J connectivity index is 1.44. The predicted molar refractivity (Wildman–Crippen MR) is 167 cm³/mol. The lowest BCUT2D eigenvalue weighted by molar-refractivity contribution is -0.156. The van der Waals surface area contributed by atoms with Gasteiger partial charge in [0.15, 0.2) is 5.78 Å². The molecule has 234 valence electrons. The molecule has 43 heavy (non-hydrogen) atoms. The molecule has 1 aromatic carbocycles. The highest BCUT2D eigenvalue weighted by Crippen LogP contribution is 2.64. The summed E-state index contributed by atoms with van der Waals surface area (Å²) in [5.41, 5.74) is 1.34. The topological polar surface area (TPSA) is 99.1 Å². The molecule has 2 fully saturated rings. The van der Waals surface area contributed by atoms with E-state index in [0.29, 0.717) is 19.3 Å². The quantitative estimate of drug-likeness (QED) is 0.214. The van der Waals surface area contributed by atoms with Crippen LogP contribution in [0, 0.1) is 28.6 Å². The Hall–Kier alpha value is -2.71. The smallest absolute Gasteiger partial charge is 0.316 e. The molecule has 1 aliphatic heterocycles. The molecule has 0 radical (unpaired) electrons. The van der Waals surface area contributed by atoms with Crippen molar-refractivity contribution < 1.29 is 33.4 Å². The molecule has 8 heteroatoms. The van der Waals surface area contributed by atoms with Gasteiger partial charge in [-0.15, -0.1) is 0 Å². The maximum Gasteiger partial charge on any atom is 0.316 e. The van der Waals surface area contributed by atoms with Crippen LogP contribution in [0.2, 0.25) is 18.1 Å². The van der Waals surface area contributed by atoms with Crippen LogP contribution in [0.5, 0.6) is 5.75 Å². The van der Waals surface area contributed by atoms with Crippen molar-refractivity contribution in [3.8, 4) is 5.75 Å². The third-order valence-electron chi connectivity index (χ3n) is 11.8. The number of aliphatic hydroxyl groups is 1. The van der Waals surface area contributed by atoms with E-state index in [0.717, 1.165) is 22.5 Å². The van der Waals surface area contributed by atoms with Crippen LogP contribution < -0.4 is 4.43 Å². The van der Waals surface area contributed by atoms with Gasteiger partial charge in [0.25, 0.3) is 0 Å². The van der Waals surface area contributed by atoms with E-state index in [1.165, 1.54) is 13.2 Å². The van der Waals surface area contributed by atoms with Gasteiger partial charge in [-0.2, -0.15) is 0 Å². The standard InChI is InChI=1S/C35H48O7Si/c1-20-24(21-10-12-23(13-11-21)42-43(8,9)33(2,3)4)18-27(36)25(20)16-22-17-28-31-34(5,32(39)41-28)15-14-29(37)35(31,6)26(22)19-30(38)40-7/h10-15,22,24,26-28,31,36H,16-19H2,1-9H3/t22-,24-,26+,27+,28+,31+,34-,35?/m1/s1. The fourth-order valence-electron chi connectivity index (χ4n) is 8.24. The summed E-state index contributed by atoms with van der Waals surface area (Å²) in [5, 5.41) is 11.5. The number of allylic oxidation sites excluding steroid dienone is 2. The molecule has 1 N–H and O–H groups in total. The number of ketones is 1. The Morgan fingerprint density at radius 3 is 2.37 bits per heavy atom. The molecule has 1 heterocycles. The van der Waals surface area contributed by atoms with Crippen molar-refractivity contribution in [2.75, 3.05) is 7.11 Å². The highest BCUT2D eigenvalue weighted by Gasteiger charge is 2.69. The first-order valence-corrected chi connectivity index (χ1v) is 18.5. The van der Waals surface area contributed by atoms with Crippen molar-refractivity contribution in [1.82, 2.24) is 0 Å². The lowest BCUT2D eigenvalue weighted by Gasteiger charge is -2.54. The van der Waals surface area contributed by atoms with Crippen molar-refractivity contribution in [2.24, 2.45) is 28.6 Å². The number of esters is 2. The Kier molecular flexibility index (Phi) is 7.91. The molecule has 3 aliphatic carbocycles. The van der Waals surface area contributed by atoms with Crippen LogP contribution in [0.4, 0.5) is 0 Å². The maximum absolute atomic E-state index is 13.6. The maximum atomic E-state index is 13.6. The van der Waals surface area contributed by atoms with Gasteiger partial charge in [-0.1, -0.05) is 51.5 Å². The highest BCUT2D eigenvalue weighted by molar-refractivity contribution is 6.74. The van der Waals surface area contributed by atoms with E-state index in [1.54, 1.807) is 6.08 Å². The van der Waals surface area contributed by atoms with Crippen molar-refractivity contribution >= 4 is 26.0 Å². The number of carbonyl (C=O) groups is 3. The number of ether oxygens (including phenoxy) is 2. The Bertz CT molecular complexity index is 1370. The molecular weight excluding hydrogens is 560 g/mol. The van der Waals surface area contributed by atoms with Gasteiger partial charge < -0.3 is 19.0 Å². The fraction of sp³-hybridized carbons (Fsp3) is 0.629. The average molecular weight is 609 g/mol. The van der Waals surface area contributed by atoms with Gasteiger partial charge in [-0.25, -0.2) is 0 Å². The first kappa shape index (κ1) is 31.7. The van der Waals surface area contributed by atoms with Crippen LogP contribution in [-0.2, 0) is 23.9 Å². The van der Waals surface area contributed by atoms with E-state index < -0.39 is 31.4 Å². The summed E-state index contributed by atoms with van der Waals surface area (Å²) < 4.78 is 17.5. The summed E-state index contributed by atoms with van der Waals surface area (Å²) in [4.78, 5) is 39.4. The minimum Gasteiger partial charge on any atom is -0.544 e. The van der Waals surface area contributed by atoms with Crippen LogP contribution in [0.3, 0.4) is 0 Å². The summed E-state index contributed by atoms with van der Waals surface area (Å²) >= 11 is 0. The normalized spacial score (nSPS) is 35.6. The summed E-state index contributed by atoms with van der Waals surface area (Å²) in [6, 6.07) is 8.28. The monoisotopic (exact) mass is 608 g/mol. The van der Waals surface area contributed by atoms with Gasteiger partial charge in [0, 0.05) is 23.7 Å². The molecule has 4 aliphatic rings. The largest absolute Gasteiger partial charge is 0.544 e. The molecule has 1 unspecified atom stereocenters. The zero-order valence-electron chi connectivity index (χ0n) is 27.2. The number of rotatable bonds is 7. The molecule has 0 aromatic heterocycles. The van der Waals surface area contributed by atoms with Crippen LogP contribution >= 0.6 is 0 Å². The lowest BCUT2D eigenvalue weighted by Crippen LogP contribution is -2.58. The Morgan fingerprint density at radius 2 is 1.77 bits per heavy atom. The summed E-state index contributed by atoms with van der Waals surface area (Å²) in [6.07, 6.45) is 3.88. The summed E-state index contributed by atoms with van der Waals surface area (Å²) in [7, 11) is -0.595. The number of hydrogen-bond donors (Lipinski definition) is 1. The number of aliphatic hydroxyl groups excluding tert-OH is 1. The zero-order chi connectivity index (χ0) is 31.7. The molecule has 7 nitrogen and oxygen atoms in total. The first-order valence-electron chi connectivity index (χ1n) is 15.6. The molecule has 5 rings (SSSR count). The summed E-state index contributed by atoms with van der Waals surface area (Å²) in [6.45, 7) is 17.0. The first-order chi connectivity index (χ1) is 19.9. The van der Waals surface area contributed by atoms with E-state index in [-0.39, 0.29) is 52.9 Å². The van der Waals surface area contributed by atoms with Gasteiger partial charge in [0.1, 0.15) is 11.9 Å². The summed E-state index contributed by atoms with van der Waals surface area (Å²) in [5.74, 6) is -0.681. The minimum absolute atomic E-state index is 0.0600. The molecule has 8 atom stereocenters. The minimum atomic E-state index is -1.96. The molecule has 1 aromatic rings. The van der Waals surface area contributed by atoms with E-state index in [2.05, 4.69) is 52.9 Å². The van der Waals surface area contributed by atoms with Crippen molar-refractivity contribution in [3.05, 3.63) is 53.1 Å². The number of hydrogen-bond acceptors (Lipinski definition) is 7. The molecule has 1 saturated heterocycles. The third kappa shape index (κ3) is 5.12. The SMILES string of the molecule is COC(=O)C[C@H]1[C@H](CC2=C(C)[C@H](c3ccc(O[Si](C)(C)C(C)(C)C)cc3)C[C@@H]2O)C[C@@H]2OC(=O)[C@]3(C)C=CC(=O)C1(C)[C@@H]23. The molecule has 0 amide bonds. The zero-order valence-corrected chi connectivity index (χ0v) is 28.2. The third-order valence-corrected chi connectivity index (χ3v) is 16.2. The van der Waals surface area contributed by atoms with E-state index >= 15 is 0 Å². The van der Waals surface area contributed by atoms with Crippen molar-refractivity contribution in [1.29, 1.82) is 0 Å². The number of methoxy groups -OCH3 is 1. The van der Waals surface area contributed by atoms with Crippen LogP contribution in [0.1, 0.15) is 78.7 Å². The van der Waals surface area contributed by atoms with Gasteiger partial charge in [0.2, 0.25) is 8.32 Å². The second kappa shape index (κ2) is 10.7. The number of benzene rings is 1. The average Bonchev–Trinajstić information content (AvgIpc) is 3.35. The Morgan fingerprint density at radius 1 is 1.12 bits per heavy atom. The van der Waals surface area contributed by atoms with Gasteiger partial charge in [0.05, 0.1) is 18.6 Å². The molecule has 0 spiro atoms. The van der Waals surface area contributed by atoms with E-state index in [4.69, 9.17) is 13.9 Å². The molecule has 1 saturated carbocycles. The van der Waals surface area contributed by atoms with Crippen LogP contribution in [0.15, 0.2) is 47.6 Å². The number of carbonyl (C=O) groups excluding carboxylic acids is 3. The van der Waals surface area contributed by atoms with Crippen molar-refractivity contribution in [2.45, 2.75) is 103 Å². The van der Waals surface area contributed by atoms with E-state index in [1.807, 2.05) is 26.0 Å². The van der Waals surface area contributed by atoms with Crippen LogP contribution in [0.25, 0.3) is 0 Å². The molecule has 0 bridgehead atoms. The molecular formula is C35H48O7Si. The van der Waals surface area contributed by atoms with Crippen LogP contribution in [-0.4, -0.2) is 50.5 Å². The second-order valence-electron chi connectivity index (χ2n) is 15.2. The fourth-order valence-corrected chi connectivity index (χ4v) is 9.27. The highest BCUT2D eigenvalue weighted by atomic mass is 28.4. The Labute approximate surface area is 257 Å². The van der Waals surface area contributed by atoms with Gasteiger partial charge in [-0.05, 0) is 92.4 Å². The van der Waals surface area contributed by atoms with Crippen molar-refractivity contribution in [3.63, 3.8) is 0 Å². The predicted octanol–water partition coefficient (Wildman–Crippen LogP) is 6.52. The lowest BCUT2D eigenvalue weighted by atomic mass is 9.46. The van der Waals surface area contributed by atoms with E-state index in [9.17, 15) is 19.5 Å². The van der Waals surface area contributed by atoms with Gasteiger partial charge >= 0.3 is 11.9 Å². The van der Waals surface area contributed by atoms with Gasteiger partial charge in [-0.3, -0.25) is 14.4 Å².